The fraction of sp³-hybridized carbons (Fsp3) is 0.867. The van der Waals surface area contributed by atoms with Crippen LogP contribution in [-0.4, -0.2) is 52.5 Å². The zero-order valence-electron chi connectivity index (χ0n) is 12.2. The summed E-state index contributed by atoms with van der Waals surface area (Å²) in [5.74, 6) is 0. The van der Waals surface area contributed by atoms with E-state index in [1.54, 1.807) is 0 Å². The van der Waals surface area contributed by atoms with Crippen molar-refractivity contribution in [3.63, 3.8) is 0 Å². The molecule has 1 saturated heterocycles. The summed E-state index contributed by atoms with van der Waals surface area (Å²) in [6, 6.07) is 0.550. The SMILES string of the molecule is CC=C(C)N1CCC(NC2CCCC(O)C2O)CC1. The lowest BCUT2D eigenvalue weighted by Gasteiger charge is -2.39. The van der Waals surface area contributed by atoms with E-state index in [4.69, 9.17) is 0 Å². The minimum absolute atomic E-state index is 0.0723. The van der Waals surface area contributed by atoms with Gasteiger partial charge in [-0.15, -0.1) is 0 Å². The van der Waals surface area contributed by atoms with Gasteiger partial charge in [-0.05, 0) is 46.0 Å². The lowest BCUT2D eigenvalue weighted by Crippen LogP contribution is -2.54. The first-order valence-electron chi connectivity index (χ1n) is 7.62. The van der Waals surface area contributed by atoms with E-state index in [0.29, 0.717) is 6.04 Å². The van der Waals surface area contributed by atoms with Crippen molar-refractivity contribution in [3.05, 3.63) is 11.8 Å². The second kappa shape index (κ2) is 6.73. The number of aliphatic hydroxyl groups excluding tert-OH is 2. The number of piperidine rings is 1. The molecule has 0 aromatic rings. The lowest BCUT2D eigenvalue weighted by molar-refractivity contribution is -0.0332. The zero-order chi connectivity index (χ0) is 13.8. The molecule has 110 valence electrons. The van der Waals surface area contributed by atoms with Gasteiger partial charge in [0, 0.05) is 30.9 Å². The van der Waals surface area contributed by atoms with Crippen molar-refractivity contribution < 1.29 is 10.2 Å². The van der Waals surface area contributed by atoms with Gasteiger partial charge in [0.15, 0.2) is 0 Å². The molecule has 3 N–H and O–H groups in total. The fourth-order valence-corrected chi connectivity index (χ4v) is 3.22. The smallest absolute Gasteiger partial charge is 0.0951 e. The first kappa shape index (κ1) is 14.8. The number of nitrogens with zero attached hydrogens (tertiary/aromatic N) is 1. The maximum Gasteiger partial charge on any atom is 0.0951 e. The van der Waals surface area contributed by atoms with Gasteiger partial charge >= 0.3 is 0 Å². The summed E-state index contributed by atoms with van der Waals surface area (Å²) >= 11 is 0. The molecule has 19 heavy (non-hydrogen) atoms. The summed E-state index contributed by atoms with van der Waals surface area (Å²) in [4.78, 5) is 2.42. The van der Waals surface area contributed by atoms with Crippen LogP contribution in [0.5, 0.6) is 0 Å². The maximum absolute atomic E-state index is 10.0. The van der Waals surface area contributed by atoms with Gasteiger partial charge in [-0.25, -0.2) is 0 Å². The van der Waals surface area contributed by atoms with Crippen LogP contribution in [0.4, 0.5) is 0 Å². The standard InChI is InChI=1S/C15H28N2O2/c1-3-11(2)17-9-7-12(8-10-17)16-13-5-4-6-14(18)15(13)19/h3,12-16,18-19H,4-10H2,1-2H3. The number of hydrogen-bond donors (Lipinski definition) is 3. The molecular formula is C15H28N2O2. The van der Waals surface area contributed by atoms with Crippen LogP contribution in [0.25, 0.3) is 0 Å². The summed E-state index contributed by atoms with van der Waals surface area (Å²) < 4.78 is 0. The molecule has 1 saturated carbocycles. The van der Waals surface area contributed by atoms with Crippen LogP contribution in [0.3, 0.4) is 0 Å². The minimum Gasteiger partial charge on any atom is -0.390 e. The first-order chi connectivity index (χ1) is 9.11. The Kier molecular flexibility index (Phi) is 5.25. The average Bonchev–Trinajstić information content (AvgIpc) is 2.44. The molecule has 0 spiro atoms. The monoisotopic (exact) mass is 268 g/mol. The minimum atomic E-state index is -0.593. The highest BCUT2D eigenvalue weighted by Gasteiger charge is 2.32. The number of rotatable bonds is 3. The third-order valence-corrected chi connectivity index (χ3v) is 4.68. The molecule has 0 bridgehead atoms. The molecule has 0 aromatic heterocycles. The number of likely N-dealkylation sites (tertiary alicyclic amines) is 1. The summed E-state index contributed by atoms with van der Waals surface area (Å²) in [5, 5.41) is 23.3. The summed E-state index contributed by atoms with van der Waals surface area (Å²) in [6.45, 7) is 6.41. The number of allylic oxidation sites excluding steroid dienone is 2. The van der Waals surface area contributed by atoms with Crippen molar-refractivity contribution in [2.75, 3.05) is 13.1 Å². The molecule has 2 fully saturated rings. The molecular weight excluding hydrogens is 240 g/mol. The maximum atomic E-state index is 10.0. The molecule has 2 rings (SSSR count). The van der Waals surface area contributed by atoms with E-state index in [-0.39, 0.29) is 6.04 Å². The Morgan fingerprint density at radius 2 is 1.84 bits per heavy atom. The largest absolute Gasteiger partial charge is 0.390 e. The molecule has 3 atom stereocenters. The second-order valence-corrected chi connectivity index (χ2v) is 5.95. The highest BCUT2D eigenvalue weighted by Crippen LogP contribution is 2.22. The van der Waals surface area contributed by atoms with Crippen LogP contribution in [0.1, 0.15) is 46.0 Å². The van der Waals surface area contributed by atoms with Gasteiger partial charge in [-0.1, -0.05) is 6.08 Å². The summed E-state index contributed by atoms with van der Waals surface area (Å²) in [7, 11) is 0. The third-order valence-electron chi connectivity index (χ3n) is 4.68. The summed E-state index contributed by atoms with van der Waals surface area (Å²) in [5.41, 5.74) is 1.35. The van der Waals surface area contributed by atoms with Crippen molar-refractivity contribution in [2.24, 2.45) is 0 Å². The quantitative estimate of drug-likeness (QED) is 0.721. The van der Waals surface area contributed by atoms with Crippen LogP contribution in [0, 0.1) is 0 Å². The van der Waals surface area contributed by atoms with Crippen LogP contribution in [0.2, 0.25) is 0 Å². The van der Waals surface area contributed by atoms with Crippen molar-refractivity contribution in [1.29, 1.82) is 0 Å². The number of hydrogen-bond acceptors (Lipinski definition) is 4. The second-order valence-electron chi connectivity index (χ2n) is 5.95. The molecule has 1 aliphatic carbocycles. The van der Waals surface area contributed by atoms with Crippen LogP contribution >= 0.6 is 0 Å². The number of aliphatic hydroxyl groups is 2. The molecule has 4 nitrogen and oxygen atoms in total. The van der Waals surface area contributed by atoms with Gasteiger partial charge in [0.05, 0.1) is 12.2 Å². The Hall–Kier alpha value is -0.580. The fourth-order valence-electron chi connectivity index (χ4n) is 3.22. The van der Waals surface area contributed by atoms with Crippen LogP contribution in [0.15, 0.2) is 11.8 Å². The predicted molar refractivity (Wildman–Crippen MR) is 76.8 cm³/mol. The lowest BCUT2D eigenvalue weighted by atomic mass is 9.89. The van der Waals surface area contributed by atoms with Crippen LogP contribution in [-0.2, 0) is 0 Å². The van der Waals surface area contributed by atoms with Gasteiger partial charge < -0.3 is 20.4 Å². The highest BCUT2D eigenvalue weighted by molar-refractivity contribution is 4.98. The first-order valence-corrected chi connectivity index (χ1v) is 7.62. The Morgan fingerprint density at radius 1 is 1.16 bits per heavy atom. The zero-order valence-corrected chi connectivity index (χ0v) is 12.2. The Labute approximate surface area is 116 Å². The third kappa shape index (κ3) is 3.71. The van der Waals surface area contributed by atoms with Crippen LogP contribution < -0.4 is 5.32 Å². The van der Waals surface area contributed by atoms with Crippen molar-refractivity contribution >= 4 is 0 Å². The number of nitrogens with one attached hydrogen (secondary N) is 1. The van der Waals surface area contributed by atoms with E-state index in [1.165, 1.54) is 5.70 Å². The van der Waals surface area contributed by atoms with E-state index in [0.717, 1.165) is 45.2 Å². The predicted octanol–water partition coefficient (Wildman–Crippen LogP) is 1.24. The Balaban J connectivity index is 1.79. The molecule has 4 heteroatoms. The van der Waals surface area contributed by atoms with E-state index in [1.807, 2.05) is 0 Å². The van der Waals surface area contributed by atoms with Gasteiger partial charge in [0.1, 0.15) is 0 Å². The molecule has 1 heterocycles. The molecule has 0 aromatic carbocycles. The topological polar surface area (TPSA) is 55.7 Å². The van der Waals surface area contributed by atoms with E-state index < -0.39 is 12.2 Å². The van der Waals surface area contributed by atoms with Gasteiger partial charge in [0.25, 0.3) is 0 Å². The van der Waals surface area contributed by atoms with Gasteiger partial charge in [-0.3, -0.25) is 0 Å². The van der Waals surface area contributed by atoms with Gasteiger partial charge in [0.2, 0.25) is 0 Å². The average molecular weight is 268 g/mol. The normalized spacial score (nSPS) is 34.6. The molecule has 2 aliphatic rings. The molecule has 3 unspecified atom stereocenters. The van der Waals surface area contributed by atoms with E-state index in [2.05, 4.69) is 30.1 Å². The van der Waals surface area contributed by atoms with Crippen molar-refractivity contribution in [2.45, 2.75) is 70.2 Å². The Morgan fingerprint density at radius 3 is 2.47 bits per heavy atom. The Bertz CT molecular complexity index is 311. The van der Waals surface area contributed by atoms with E-state index >= 15 is 0 Å². The molecule has 0 amide bonds. The highest BCUT2D eigenvalue weighted by atomic mass is 16.3. The molecule has 0 radical (unpaired) electrons. The van der Waals surface area contributed by atoms with Crippen molar-refractivity contribution in [1.82, 2.24) is 10.2 Å². The summed E-state index contributed by atoms with van der Waals surface area (Å²) in [6.07, 6.45) is 5.97. The molecule has 1 aliphatic heterocycles. The van der Waals surface area contributed by atoms with Crippen molar-refractivity contribution in [3.8, 4) is 0 Å². The van der Waals surface area contributed by atoms with Gasteiger partial charge in [-0.2, -0.15) is 0 Å². The van der Waals surface area contributed by atoms with E-state index in [9.17, 15) is 10.2 Å².